The number of benzene rings is 1. The van der Waals surface area contributed by atoms with Crippen molar-refractivity contribution in [1.29, 1.82) is 0 Å². The molecule has 5 heteroatoms. The highest BCUT2D eigenvalue weighted by atomic mass is 16.4. The number of hydrogen-bond donors (Lipinski definition) is 3. The Balaban J connectivity index is 2.89. The van der Waals surface area contributed by atoms with E-state index >= 15 is 0 Å². The minimum Gasteiger partial charge on any atom is -0.481 e. The lowest BCUT2D eigenvalue weighted by Crippen LogP contribution is -2.45. The Morgan fingerprint density at radius 2 is 1.58 bits per heavy atom. The van der Waals surface area contributed by atoms with Crippen molar-refractivity contribution in [3.8, 4) is 0 Å². The Morgan fingerprint density at radius 1 is 1.11 bits per heavy atom. The number of nitrogens with one attached hydrogen (secondary N) is 1. The van der Waals surface area contributed by atoms with E-state index in [2.05, 4.69) is 5.32 Å². The summed E-state index contributed by atoms with van der Waals surface area (Å²) in [6, 6.07) is 6.72. The van der Waals surface area contributed by atoms with Gasteiger partial charge in [-0.05, 0) is 45.4 Å². The minimum absolute atomic E-state index is 0.294. The van der Waals surface area contributed by atoms with Gasteiger partial charge in [-0.15, -0.1) is 0 Å². The fourth-order valence-corrected chi connectivity index (χ4v) is 1.39. The molecule has 4 N–H and O–H groups in total. The van der Waals surface area contributed by atoms with Crippen molar-refractivity contribution in [2.75, 3.05) is 5.32 Å². The average molecular weight is 264 g/mol. The van der Waals surface area contributed by atoms with Crippen molar-refractivity contribution >= 4 is 17.6 Å². The van der Waals surface area contributed by atoms with Crippen molar-refractivity contribution in [3.63, 3.8) is 0 Å². The molecule has 1 rings (SSSR count). The first-order chi connectivity index (χ1) is 8.55. The van der Waals surface area contributed by atoms with Crippen LogP contribution in [0.4, 0.5) is 5.69 Å². The van der Waals surface area contributed by atoms with Gasteiger partial charge in [-0.2, -0.15) is 0 Å². The number of hydrogen-bond acceptors (Lipinski definition) is 3. The van der Waals surface area contributed by atoms with Crippen LogP contribution >= 0.6 is 0 Å². The van der Waals surface area contributed by atoms with Crippen LogP contribution in [0.1, 0.15) is 33.3 Å². The van der Waals surface area contributed by atoms with E-state index in [9.17, 15) is 9.59 Å². The van der Waals surface area contributed by atoms with Crippen LogP contribution in [0.15, 0.2) is 24.3 Å². The van der Waals surface area contributed by atoms with Gasteiger partial charge in [0.15, 0.2) is 0 Å². The molecule has 19 heavy (non-hydrogen) atoms. The van der Waals surface area contributed by atoms with Crippen LogP contribution in [0, 0.1) is 0 Å². The number of carboxylic acids is 1. The lowest BCUT2D eigenvalue weighted by Gasteiger charge is -2.21. The van der Waals surface area contributed by atoms with Gasteiger partial charge in [0.2, 0.25) is 5.91 Å². The van der Waals surface area contributed by atoms with Crippen LogP contribution in [0.2, 0.25) is 0 Å². The Morgan fingerprint density at radius 3 is 1.95 bits per heavy atom. The summed E-state index contributed by atoms with van der Waals surface area (Å²) >= 11 is 0. The standard InChI is InChI=1S/C14H20N2O3/c1-13(2,12(18)19)9-5-7-10(8-6-9)16-11(17)14(3,4)15/h5-8H,15H2,1-4H3,(H,16,17)(H,18,19). The van der Waals surface area contributed by atoms with Crippen molar-refractivity contribution in [2.45, 2.75) is 38.6 Å². The van der Waals surface area contributed by atoms with Crippen molar-refractivity contribution < 1.29 is 14.7 Å². The van der Waals surface area contributed by atoms with Gasteiger partial charge < -0.3 is 16.2 Å². The molecule has 0 radical (unpaired) electrons. The third kappa shape index (κ3) is 3.54. The first-order valence-corrected chi connectivity index (χ1v) is 5.99. The summed E-state index contributed by atoms with van der Waals surface area (Å²) in [5, 5.41) is 11.8. The van der Waals surface area contributed by atoms with E-state index in [1.54, 1.807) is 52.0 Å². The molecule has 0 spiro atoms. The van der Waals surface area contributed by atoms with Crippen molar-refractivity contribution in [2.24, 2.45) is 5.73 Å². The Labute approximate surface area is 112 Å². The highest BCUT2D eigenvalue weighted by Crippen LogP contribution is 2.24. The van der Waals surface area contributed by atoms with E-state index < -0.39 is 16.9 Å². The molecule has 1 aromatic rings. The zero-order valence-corrected chi connectivity index (χ0v) is 11.7. The maximum Gasteiger partial charge on any atom is 0.313 e. The third-order valence-electron chi connectivity index (χ3n) is 2.98. The maximum absolute atomic E-state index is 11.7. The molecule has 0 atom stereocenters. The number of carbonyl (C=O) groups excluding carboxylic acids is 1. The van der Waals surface area contributed by atoms with E-state index in [0.717, 1.165) is 0 Å². The summed E-state index contributed by atoms with van der Waals surface area (Å²) in [6.07, 6.45) is 0. The molecule has 104 valence electrons. The quantitative estimate of drug-likeness (QED) is 0.772. The van der Waals surface area contributed by atoms with Crippen molar-refractivity contribution in [1.82, 2.24) is 0 Å². The number of aliphatic carboxylic acids is 1. The van der Waals surface area contributed by atoms with Gasteiger partial charge >= 0.3 is 5.97 Å². The van der Waals surface area contributed by atoms with Crippen LogP contribution < -0.4 is 11.1 Å². The summed E-state index contributed by atoms with van der Waals surface area (Å²) in [6.45, 7) is 6.49. The van der Waals surface area contributed by atoms with Gasteiger partial charge in [0, 0.05) is 5.69 Å². The SMILES string of the molecule is CC(C)(N)C(=O)Nc1ccc(C(C)(C)C(=O)O)cc1. The molecule has 0 saturated carbocycles. The summed E-state index contributed by atoms with van der Waals surface area (Å²) in [5.41, 5.74) is 5.02. The van der Waals surface area contributed by atoms with Crippen LogP contribution in [0.3, 0.4) is 0 Å². The van der Waals surface area contributed by atoms with Crippen LogP contribution in [0.25, 0.3) is 0 Å². The predicted octanol–water partition coefficient (Wildman–Crippen LogP) is 1.72. The first-order valence-electron chi connectivity index (χ1n) is 5.99. The smallest absolute Gasteiger partial charge is 0.313 e. The van der Waals surface area contributed by atoms with Gasteiger partial charge in [-0.1, -0.05) is 12.1 Å². The second kappa shape index (κ2) is 5.01. The molecule has 1 aromatic carbocycles. The molecule has 0 aliphatic heterocycles. The van der Waals surface area contributed by atoms with Crippen molar-refractivity contribution in [3.05, 3.63) is 29.8 Å². The number of rotatable bonds is 4. The number of amides is 1. The van der Waals surface area contributed by atoms with Crippen LogP contribution in [-0.4, -0.2) is 22.5 Å². The van der Waals surface area contributed by atoms with E-state index in [-0.39, 0.29) is 5.91 Å². The lowest BCUT2D eigenvalue weighted by atomic mass is 9.85. The maximum atomic E-state index is 11.7. The fraction of sp³-hybridized carbons (Fsp3) is 0.429. The highest BCUT2D eigenvalue weighted by Gasteiger charge is 2.29. The molecule has 0 heterocycles. The molecule has 5 nitrogen and oxygen atoms in total. The second-order valence-corrected chi connectivity index (χ2v) is 5.68. The number of nitrogens with two attached hydrogens (primary N) is 1. The van der Waals surface area contributed by atoms with E-state index in [0.29, 0.717) is 11.3 Å². The third-order valence-corrected chi connectivity index (χ3v) is 2.98. The van der Waals surface area contributed by atoms with Gasteiger partial charge in [0.25, 0.3) is 0 Å². The largest absolute Gasteiger partial charge is 0.481 e. The number of anilines is 1. The zero-order valence-electron chi connectivity index (χ0n) is 11.7. The van der Waals surface area contributed by atoms with Gasteiger partial charge in [0.1, 0.15) is 0 Å². The monoisotopic (exact) mass is 264 g/mol. The van der Waals surface area contributed by atoms with E-state index in [1.807, 2.05) is 0 Å². The van der Waals surface area contributed by atoms with E-state index in [4.69, 9.17) is 10.8 Å². The normalized spacial score (nSPS) is 12.1. The molecule has 0 fully saturated rings. The molecule has 0 aliphatic rings. The summed E-state index contributed by atoms with van der Waals surface area (Å²) in [5.74, 6) is -1.19. The molecule has 0 aliphatic carbocycles. The predicted molar refractivity (Wildman–Crippen MR) is 74.0 cm³/mol. The Hall–Kier alpha value is -1.88. The summed E-state index contributed by atoms with van der Waals surface area (Å²) in [4.78, 5) is 22.8. The fourth-order valence-electron chi connectivity index (χ4n) is 1.39. The van der Waals surface area contributed by atoms with Crippen LogP contribution in [-0.2, 0) is 15.0 Å². The molecule has 0 unspecified atom stereocenters. The van der Waals surface area contributed by atoms with Crippen LogP contribution in [0.5, 0.6) is 0 Å². The Kier molecular flexibility index (Phi) is 4.00. The summed E-state index contributed by atoms with van der Waals surface area (Å²) < 4.78 is 0. The topological polar surface area (TPSA) is 92.4 Å². The molecule has 0 bridgehead atoms. The van der Waals surface area contributed by atoms with Gasteiger partial charge in [-0.3, -0.25) is 9.59 Å². The Bertz CT molecular complexity index is 484. The molecule has 0 saturated heterocycles. The minimum atomic E-state index is -0.963. The molecular weight excluding hydrogens is 244 g/mol. The number of carboxylic acid groups (broad SMARTS) is 1. The van der Waals surface area contributed by atoms with Gasteiger partial charge in [0.05, 0.1) is 11.0 Å². The first kappa shape index (κ1) is 15.2. The molecule has 1 amide bonds. The molecule has 0 aromatic heterocycles. The van der Waals surface area contributed by atoms with E-state index in [1.165, 1.54) is 0 Å². The molecular formula is C14H20N2O3. The second-order valence-electron chi connectivity index (χ2n) is 5.68. The average Bonchev–Trinajstić information content (AvgIpc) is 2.28. The lowest BCUT2D eigenvalue weighted by molar-refractivity contribution is -0.142. The summed E-state index contributed by atoms with van der Waals surface area (Å²) in [7, 11) is 0. The highest BCUT2D eigenvalue weighted by molar-refractivity contribution is 5.97. The van der Waals surface area contributed by atoms with Gasteiger partial charge in [-0.25, -0.2) is 0 Å². The number of carbonyl (C=O) groups is 2. The zero-order chi connectivity index (χ0) is 14.8.